The van der Waals surface area contributed by atoms with E-state index in [-0.39, 0.29) is 5.69 Å². The quantitative estimate of drug-likeness (QED) is 0.364. The van der Waals surface area contributed by atoms with Crippen molar-refractivity contribution in [2.24, 2.45) is 0 Å². The minimum atomic E-state index is -0.428. The van der Waals surface area contributed by atoms with Crippen LogP contribution in [0, 0.1) is 17.0 Å². The number of hydrogen-bond donors (Lipinski definition) is 1. The fraction of sp³-hybridized carbons (Fsp3) is 0.400. The summed E-state index contributed by atoms with van der Waals surface area (Å²) in [6.07, 6.45) is 0.772. The molecule has 0 aliphatic heterocycles. The first kappa shape index (κ1) is 11.8. The fourth-order valence-electron chi connectivity index (χ4n) is 1.21. The Morgan fingerprint density at radius 3 is 2.87 bits per heavy atom. The summed E-state index contributed by atoms with van der Waals surface area (Å²) in [6.45, 7) is 2.25. The third-order valence-electron chi connectivity index (χ3n) is 1.94. The Kier molecular flexibility index (Phi) is 4.42. The molecule has 0 fully saturated rings. The topological polar surface area (TPSA) is 52.4 Å². The SMILES string of the molecule is Cc1cccc([N+](=O)[O-])c1OCCCS. The molecule has 5 heteroatoms. The Labute approximate surface area is 93.8 Å². The number of nitrogens with zero attached hydrogens (tertiary/aromatic N) is 1. The number of ether oxygens (including phenoxy) is 1. The predicted molar refractivity (Wildman–Crippen MR) is 61.8 cm³/mol. The summed E-state index contributed by atoms with van der Waals surface area (Å²) < 4.78 is 5.38. The second-order valence-corrected chi connectivity index (χ2v) is 3.55. The number of hydrogen-bond acceptors (Lipinski definition) is 4. The summed E-state index contributed by atoms with van der Waals surface area (Å²) in [5.74, 6) is 1.07. The van der Waals surface area contributed by atoms with Crippen LogP contribution in [0.1, 0.15) is 12.0 Å². The summed E-state index contributed by atoms with van der Waals surface area (Å²) in [6, 6.07) is 4.89. The van der Waals surface area contributed by atoms with Crippen molar-refractivity contribution in [3.05, 3.63) is 33.9 Å². The van der Waals surface area contributed by atoms with Gasteiger partial charge in [-0.1, -0.05) is 12.1 Å². The molecule has 0 bridgehead atoms. The maximum atomic E-state index is 10.7. The van der Waals surface area contributed by atoms with Gasteiger partial charge in [-0.3, -0.25) is 10.1 Å². The van der Waals surface area contributed by atoms with Crippen molar-refractivity contribution in [1.82, 2.24) is 0 Å². The zero-order valence-electron chi connectivity index (χ0n) is 8.47. The second kappa shape index (κ2) is 5.60. The summed E-state index contributed by atoms with van der Waals surface area (Å²) in [4.78, 5) is 10.3. The van der Waals surface area contributed by atoms with Crippen molar-refractivity contribution >= 4 is 18.3 Å². The molecular weight excluding hydrogens is 214 g/mol. The molecule has 0 saturated heterocycles. The van der Waals surface area contributed by atoms with Crippen LogP contribution in [0.4, 0.5) is 5.69 Å². The standard InChI is InChI=1S/C10H13NO3S/c1-8-4-2-5-9(11(12)13)10(8)14-6-3-7-15/h2,4-5,15H,3,6-7H2,1H3. The largest absolute Gasteiger partial charge is 0.487 e. The predicted octanol–water partition coefficient (Wildman–Crippen LogP) is 2.60. The first-order chi connectivity index (χ1) is 7.16. The maximum Gasteiger partial charge on any atom is 0.311 e. The molecule has 82 valence electrons. The van der Waals surface area contributed by atoms with Crippen molar-refractivity contribution in [1.29, 1.82) is 0 Å². The number of aryl methyl sites for hydroxylation is 1. The lowest BCUT2D eigenvalue weighted by Crippen LogP contribution is -2.02. The van der Waals surface area contributed by atoms with Crippen LogP contribution in [0.25, 0.3) is 0 Å². The zero-order chi connectivity index (χ0) is 11.3. The number of benzene rings is 1. The monoisotopic (exact) mass is 227 g/mol. The van der Waals surface area contributed by atoms with Crippen LogP contribution in [-0.4, -0.2) is 17.3 Å². The zero-order valence-corrected chi connectivity index (χ0v) is 9.37. The average molecular weight is 227 g/mol. The van der Waals surface area contributed by atoms with Gasteiger partial charge in [-0.05, 0) is 24.7 Å². The summed E-state index contributed by atoms with van der Waals surface area (Å²) in [5, 5.41) is 10.7. The minimum Gasteiger partial charge on any atom is -0.487 e. The third kappa shape index (κ3) is 3.13. The van der Waals surface area contributed by atoms with E-state index >= 15 is 0 Å². The molecule has 0 aromatic heterocycles. The molecule has 15 heavy (non-hydrogen) atoms. The molecule has 1 aromatic rings. The smallest absolute Gasteiger partial charge is 0.311 e. The van der Waals surface area contributed by atoms with Crippen LogP contribution in [0.3, 0.4) is 0 Å². The molecule has 0 heterocycles. The molecule has 0 N–H and O–H groups in total. The van der Waals surface area contributed by atoms with E-state index in [1.54, 1.807) is 19.1 Å². The number of nitro benzene ring substituents is 1. The summed E-state index contributed by atoms with van der Waals surface area (Å²) >= 11 is 4.05. The van der Waals surface area contributed by atoms with E-state index in [1.165, 1.54) is 6.07 Å². The van der Waals surface area contributed by atoms with Crippen LogP contribution in [0.15, 0.2) is 18.2 Å². The van der Waals surface area contributed by atoms with E-state index in [1.807, 2.05) is 0 Å². The summed E-state index contributed by atoms with van der Waals surface area (Å²) in [5.41, 5.74) is 0.803. The van der Waals surface area contributed by atoms with Gasteiger partial charge >= 0.3 is 5.69 Å². The molecule has 0 amide bonds. The van der Waals surface area contributed by atoms with Gasteiger partial charge in [0.15, 0.2) is 5.75 Å². The Bertz CT molecular complexity index is 355. The minimum absolute atomic E-state index is 0.0224. The summed E-state index contributed by atoms with van der Waals surface area (Å²) in [7, 11) is 0. The number of thiol groups is 1. The molecule has 0 spiro atoms. The Morgan fingerprint density at radius 1 is 1.53 bits per heavy atom. The van der Waals surface area contributed by atoms with E-state index in [0.717, 1.165) is 12.0 Å². The average Bonchev–Trinajstić information content (AvgIpc) is 2.20. The van der Waals surface area contributed by atoms with Crippen molar-refractivity contribution in [3.63, 3.8) is 0 Å². The van der Waals surface area contributed by atoms with E-state index in [2.05, 4.69) is 12.6 Å². The van der Waals surface area contributed by atoms with Gasteiger partial charge in [-0.2, -0.15) is 12.6 Å². The Hall–Kier alpha value is -1.23. The van der Waals surface area contributed by atoms with Crippen LogP contribution in [-0.2, 0) is 0 Å². The third-order valence-corrected chi connectivity index (χ3v) is 2.25. The van der Waals surface area contributed by atoms with E-state index in [9.17, 15) is 10.1 Å². The van der Waals surface area contributed by atoms with Gasteiger partial charge in [0, 0.05) is 6.07 Å². The van der Waals surface area contributed by atoms with E-state index in [0.29, 0.717) is 18.1 Å². The number of para-hydroxylation sites is 1. The molecule has 0 saturated carbocycles. The molecule has 1 rings (SSSR count). The van der Waals surface area contributed by atoms with Crippen LogP contribution in [0.5, 0.6) is 5.75 Å². The lowest BCUT2D eigenvalue weighted by molar-refractivity contribution is -0.385. The van der Waals surface area contributed by atoms with Gasteiger partial charge in [-0.25, -0.2) is 0 Å². The molecular formula is C10H13NO3S. The number of rotatable bonds is 5. The highest BCUT2D eigenvalue weighted by atomic mass is 32.1. The van der Waals surface area contributed by atoms with Gasteiger partial charge in [0.25, 0.3) is 0 Å². The molecule has 0 radical (unpaired) electrons. The molecule has 0 atom stereocenters. The molecule has 0 aliphatic carbocycles. The van der Waals surface area contributed by atoms with Gasteiger partial charge in [0.05, 0.1) is 11.5 Å². The first-order valence-corrected chi connectivity index (χ1v) is 5.27. The van der Waals surface area contributed by atoms with Crippen molar-refractivity contribution in [3.8, 4) is 5.75 Å². The molecule has 4 nitrogen and oxygen atoms in total. The van der Waals surface area contributed by atoms with Crippen molar-refractivity contribution in [2.45, 2.75) is 13.3 Å². The van der Waals surface area contributed by atoms with Crippen LogP contribution in [0.2, 0.25) is 0 Å². The lowest BCUT2D eigenvalue weighted by atomic mass is 10.2. The van der Waals surface area contributed by atoms with E-state index in [4.69, 9.17) is 4.74 Å². The van der Waals surface area contributed by atoms with Crippen LogP contribution >= 0.6 is 12.6 Å². The Balaban J connectivity index is 2.87. The highest BCUT2D eigenvalue weighted by Crippen LogP contribution is 2.30. The fourth-order valence-corrected chi connectivity index (χ4v) is 1.34. The van der Waals surface area contributed by atoms with Crippen molar-refractivity contribution in [2.75, 3.05) is 12.4 Å². The van der Waals surface area contributed by atoms with Crippen molar-refractivity contribution < 1.29 is 9.66 Å². The van der Waals surface area contributed by atoms with Gasteiger partial charge in [0.2, 0.25) is 0 Å². The van der Waals surface area contributed by atoms with Gasteiger partial charge in [0.1, 0.15) is 0 Å². The van der Waals surface area contributed by atoms with Crippen LogP contribution < -0.4 is 4.74 Å². The van der Waals surface area contributed by atoms with Gasteiger partial charge in [-0.15, -0.1) is 0 Å². The van der Waals surface area contributed by atoms with E-state index < -0.39 is 4.92 Å². The molecule has 0 aliphatic rings. The molecule has 0 unspecified atom stereocenters. The Morgan fingerprint density at radius 2 is 2.27 bits per heavy atom. The first-order valence-electron chi connectivity index (χ1n) is 4.64. The molecule has 1 aromatic carbocycles. The lowest BCUT2D eigenvalue weighted by Gasteiger charge is -2.08. The highest BCUT2D eigenvalue weighted by molar-refractivity contribution is 7.80. The second-order valence-electron chi connectivity index (χ2n) is 3.11. The number of nitro groups is 1. The highest BCUT2D eigenvalue weighted by Gasteiger charge is 2.16. The normalized spacial score (nSPS) is 10.0. The maximum absolute atomic E-state index is 10.7. The van der Waals surface area contributed by atoms with Gasteiger partial charge < -0.3 is 4.74 Å².